The van der Waals surface area contributed by atoms with Crippen LogP contribution in [-0.2, 0) is 6.42 Å². The molecule has 2 heterocycles. The van der Waals surface area contributed by atoms with Gasteiger partial charge in [-0.15, -0.1) is 5.10 Å². The second kappa shape index (κ2) is 6.02. The number of nitrogens with zero attached hydrogens (tertiary/aromatic N) is 3. The van der Waals surface area contributed by atoms with Gasteiger partial charge in [0.05, 0.1) is 4.53 Å². The zero-order valence-corrected chi connectivity index (χ0v) is 14.0. The molecule has 0 aliphatic heterocycles. The van der Waals surface area contributed by atoms with Gasteiger partial charge < -0.3 is 0 Å². The lowest BCUT2D eigenvalue weighted by atomic mass is 10.1. The minimum absolute atomic E-state index is 0.106. The van der Waals surface area contributed by atoms with E-state index in [-0.39, 0.29) is 5.56 Å². The van der Waals surface area contributed by atoms with Crippen LogP contribution in [0.3, 0.4) is 0 Å². The van der Waals surface area contributed by atoms with E-state index >= 15 is 0 Å². The molecule has 2 aromatic carbocycles. The molecule has 118 valence electrons. The summed E-state index contributed by atoms with van der Waals surface area (Å²) < 4.78 is 2.07. The maximum Gasteiger partial charge on any atom is 0.291 e. The largest absolute Gasteiger partial charge is 0.291 e. The van der Waals surface area contributed by atoms with Crippen LogP contribution in [0, 0.1) is 6.92 Å². The molecule has 0 saturated carbocycles. The second-order valence-electron chi connectivity index (χ2n) is 5.66. The lowest BCUT2D eigenvalue weighted by molar-refractivity contribution is 0.879. The van der Waals surface area contributed by atoms with Crippen LogP contribution in [-0.4, -0.2) is 14.6 Å². The number of hydrogen-bond acceptors (Lipinski definition) is 4. The van der Waals surface area contributed by atoms with Crippen molar-refractivity contribution in [3.8, 4) is 0 Å². The van der Waals surface area contributed by atoms with Gasteiger partial charge in [-0.05, 0) is 29.7 Å². The molecule has 4 nitrogen and oxygen atoms in total. The van der Waals surface area contributed by atoms with Crippen LogP contribution < -0.4 is 10.1 Å². The molecule has 24 heavy (non-hydrogen) atoms. The summed E-state index contributed by atoms with van der Waals surface area (Å²) in [5, 5.41) is 4.38. The van der Waals surface area contributed by atoms with Crippen LogP contribution in [0.15, 0.2) is 59.4 Å². The number of fused-ring (bicyclic) bond motifs is 1. The van der Waals surface area contributed by atoms with Gasteiger partial charge in [-0.1, -0.05) is 65.9 Å². The van der Waals surface area contributed by atoms with Crippen molar-refractivity contribution in [1.82, 2.24) is 14.6 Å². The molecule has 4 rings (SSSR count). The SMILES string of the molecule is Cc1ccccc1/C=c1\sc2nc(Cc3ccccc3)nn2c1=O. The molecule has 0 atom stereocenters. The van der Waals surface area contributed by atoms with Crippen LogP contribution >= 0.6 is 11.3 Å². The summed E-state index contributed by atoms with van der Waals surface area (Å²) in [6, 6.07) is 18.0. The first-order valence-electron chi connectivity index (χ1n) is 7.70. The quantitative estimate of drug-likeness (QED) is 0.579. The fourth-order valence-corrected chi connectivity index (χ4v) is 3.54. The number of benzene rings is 2. The second-order valence-corrected chi connectivity index (χ2v) is 6.67. The van der Waals surface area contributed by atoms with E-state index in [1.165, 1.54) is 15.9 Å². The molecule has 0 saturated heterocycles. The van der Waals surface area contributed by atoms with Crippen LogP contribution in [0.25, 0.3) is 11.0 Å². The maximum atomic E-state index is 12.5. The number of hydrogen-bond donors (Lipinski definition) is 0. The van der Waals surface area contributed by atoms with E-state index in [4.69, 9.17) is 0 Å². The topological polar surface area (TPSA) is 47.3 Å². The third-order valence-electron chi connectivity index (χ3n) is 3.91. The Morgan fingerprint density at radius 1 is 1.08 bits per heavy atom. The maximum absolute atomic E-state index is 12.5. The standard InChI is InChI=1S/C19H15N3OS/c1-13-7-5-6-10-15(13)12-16-18(23)22-19(24-16)20-17(21-22)11-14-8-3-2-4-9-14/h2-10,12H,11H2,1H3/b16-12-. The van der Waals surface area contributed by atoms with Crippen molar-refractivity contribution in [2.24, 2.45) is 0 Å². The van der Waals surface area contributed by atoms with Gasteiger partial charge in [0.25, 0.3) is 5.56 Å². The molecule has 2 aromatic heterocycles. The van der Waals surface area contributed by atoms with Gasteiger partial charge in [0, 0.05) is 6.42 Å². The number of aromatic nitrogens is 3. The van der Waals surface area contributed by atoms with E-state index in [0.717, 1.165) is 16.7 Å². The molecule has 0 N–H and O–H groups in total. The average molecular weight is 333 g/mol. The van der Waals surface area contributed by atoms with Crippen molar-refractivity contribution in [1.29, 1.82) is 0 Å². The molecule has 4 aromatic rings. The number of rotatable bonds is 3. The molecule has 0 aliphatic carbocycles. The van der Waals surface area contributed by atoms with Crippen LogP contribution in [0.5, 0.6) is 0 Å². The van der Waals surface area contributed by atoms with Gasteiger partial charge >= 0.3 is 0 Å². The zero-order chi connectivity index (χ0) is 16.5. The Hall–Kier alpha value is -2.79. The zero-order valence-electron chi connectivity index (χ0n) is 13.1. The van der Waals surface area contributed by atoms with Gasteiger partial charge in [-0.25, -0.2) is 4.98 Å². The molecular formula is C19H15N3OS. The summed E-state index contributed by atoms with van der Waals surface area (Å²) in [6.45, 7) is 2.03. The highest BCUT2D eigenvalue weighted by molar-refractivity contribution is 7.15. The summed E-state index contributed by atoms with van der Waals surface area (Å²) in [5.41, 5.74) is 3.21. The van der Waals surface area contributed by atoms with Crippen LogP contribution in [0.1, 0.15) is 22.5 Å². The van der Waals surface area contributed by atoms with Crippen molar-refractivity contribution >= 4 is 22.4 Å². The van der Waals surface area contributed by atoms with Gasteiger partial charge in [-0.3, -0.25) is 4.79 Å². The van der Waals surface area contributed by atoms with E-state index in [0.29, 0.717) is 21.7 Å². The third kappa shape index (κ3) is 2.74. The van der Waals surface area contributed by atoms with Gasteiger partial charge in [-0.2, -0.15) is 4.52 Å². The molecule has 0 aliphatic rings. The molecular weight excluding hydrogens is 318 g/mol. The summed E-state index contributed by atoms with van der Waals surface area (Å²) >= 11 is 1.38. The Morgan fingerprint density at radius 3 is 2.58 bits per heavy atom. The van der Waals surface area contributed by atoms with E-state index < -0.39 is 0 Å². The van der Waals surface area contributed by atoms with Crippen molar-refractivity contribution in [3.05, 3.63) is 92.0 Å². The van der Waals surface area contributed by atoms with Crippen molar-refractivity contribution in [3.63, 3.8) is 0 Å². The Balaban J connectivity index is 1.74. The third-order valence-corrected chi connectivity index (χ3v) is 4.87. The normalized spacial score (nSPS) is 12.1. The minimum atomic E-state index is -0.106. The predicted molar refractivity (Wildman–Crippen MR) is 96.3 cm³/mol. The highest BCUT2D eigenvalue weighted by Gasteiger charge is 2.11. The van der Waals surface area contributed by atoms with Gasteiger partial charge in [0.2, 0.25) is 4.96 Å². The predicted octanol–water partition coefficient (Wildman–Crippen LogP) is 2.60. The molecule has 5 heteroatoms. The average Bonchev–Trinajstić information content (AvgIpc) is 3.10. The highest BCUT2D eigenvalue weighted by atomic mass is 32.1. The summed E-state index contributed by atoms with van der Waals surface area (Å²) in [4.78, 5) is 17.7. The van der Waals surface area contributed by atoms with Gasteiger partial charge in [0.15, 0.2) is 5.82 Å². The first-order chi connectivity index (χ1) is 11.7. The van der Waals surface area contributed by atoms with Crippen molar-refractivity contribution in [2.45, 2.75) is 13.3 Å². The lowest BCUT2D eigenvalue weighted by Gasteiger charge is -1.96. The van der Waals surface area contributed by atoms with Gasteiger partial charge in [0.1, 0.15) is 0 Å². The Morgan fingerprint density at radius 2 is 1.83 bits per heavy atom. The number of thiazole rings is 1. The smallest absolute Gasteiger partial charge is 0.266 e. The van der Waals surface area contributed by atoms with Crippen LogP contribution in [0.4, 0.5) is 0 Å². The Labute approximate surface area is 142 Å². The summed E-state index contributed by atoms with van der Waals surface area (Å²) in [5.74, 6) is 0.673. The minimum Gasteiger partial charge on any atom is -0.266 e. The Kier molecular flexibility index (Phi) is 3.70. The molecule has 0 fully saturated rings. The van der Waals surface area contributed by atoms with E-state index in [1.54, 1.807) is 0 Å². The fraction of sp³-hybridized carbons (Fsp3) is 0.105. The molecule has 0 unspecified atom stereocenters. The Bertz CT molecular complexity index is 1110. The highest BCUT2D eigenvalue weighted by Crippen LogP contribution is 2.10. The van der Waals surface area contributed by atoms with Crippen molar-refractivity contribution in [2.75, 3.05) is 0 Å². The van der Waals surface area contributed by atoms with E-state index in [2.05, 4.69) is 10.1 Å². The molecule has 0 amide bonds. The monoisotopic (exact) mass is 333 g/mol. The summed E-state index contributed by atoms with van der Waals surface area (Å²) in [7, 11) is 0. The first kappa shape index (κ1) is 14.8. The molecule has 0 radical (unpaired) electrons. The number of aryl methyl sites for hydroxylation is 1. The molecule has 0 bridgehead atoms. The molecule has 0 spiro atoms. The summed E-state index contributed by atoms with van der Waals surface area (Å²) in [6.07, 6.45) is 2.54. The first-order valence-corrected chi connectivity index (χ1v) is 8.52. The van der Waals surface area contributed by atoms with E-state index in [1.807, 2.05) is 67.6 Å². The lowest BCUT2D eigenvalue weighted by Crippen LogP contribution is -2.24. The fourth-order valence-electron chi connectivity index (χ4n) is 2.62. The van der Waals surface area contributed by atoms with E-state index in [9.17, 15) is 4.79 Å². The van der Waals surface area contributed by atoms with Crippen LogP contribution in [0.2, 0.25) is 0 Å². The van der Waals surface area contributed by atoms with Crippen molar-refractivity contribution < 1.29 is 0 Å².